The third kappa shape index (κ3) is 14.4. The van der Waals surface area contributed by atoms with E-state index in [1.54, 1.807) is 0 Å². The van der Waals surface area contributed by atoms with Crippen LogP contribution in [0.5, 0.6) is 34.5 Å². The monoisotopic (exact) mass is 1420 g/mol. The third-order valence-corrected chi connectivity index (χ3v) is 22.1. The van der Waals surface area contributed by atoms with Crippen molar-refractivity contribution >= 4 is 33.7 Å². The van der Waals surface area contributed by atoms with Crippen molar-refractivity contribution in [3.63, 3.8) is 0 Å². The van der Waals surface area contributed by atoms with Crippen molar-refractivity contribution in [3.05, 3.63) is 354 Å². The fraction of sp³-hybridized carbons (Fsp3) is 0.294. The second kappa shape index (κ2) is 29.2. The number of fused-ring (bicyclic) bond motifs is 14. The Morgan fingerprint density at radius 3 is 0.815 bits per heavy atom. The number of benzene rings is 12. The van der Waals surface area contributed by atoms with Crippen molar-refractivity contribution < 1.29 is 28.4 Å². The summed E-state index contributed by atoms with van der Waals surface area (Å²) in [6, 6.07) is 83.9. The molecule has 12 aromatic carbocycles. The molecule has 2 heterocycles. The second-order valence-corrected chi connectivity index (χ2v) is 34.3. The molecule has 1 aliphatic carbocycles. The molecule has 6 nitrogen and oxygen atoms in total. The first kappa shape index (κ1) is 73.0. The van der Waals surface area contributed by atoms with Crippen LogP contribution in [0, 0.1) is 0 Å². The Bertz CT molecular complexity index is 4870. The molecule has 0 saturated carbocycles. The highest BCUT2D eigenvalue weighted by Crippen LogP contribution is 2.51. The molecule has 2 aliphatic heterocycles. The lowest BCUT2D eigenvalue weighted by molar-refractivity contribution is 0.155. The Morgan fingerprint density at radius 2 is 0.556 bits per heavy atom. The van der Waals surface area contributed by atoms with E-state index in [9.17, 15) is 0 Å². The number of ether oxygens (including phenoxy) is 6. The summed E-state index contributed by atoms with van der Waals surface area (Å²) in [5.74, 6) is 5.12. The fourth-order valence-corrected chi connectivity index (χ4v) is 16.2. The van der Waals surface area contributed by atoms with Crippen molar-refractivity contribution in [2.75, 3.05) is 13.2 Å². The predicted molar refractivity (Wildman–Crippen MR) is 447 cm³/mol. The number of hydrogen-bond acceptors (Lipinski definition) is 6. The van der Waals surface area contributed by atoms with Crippen molar-refractivity contribution in [3.8, 4) is 34.5 Å². The lowest BCUT2D eigenvalue weighted by Crippen LogP contribution is -2.34. The van der Waals surface area contributed by atoms with E-state index in [1.165, 1.54) is 22.3 Å². The van der Waals surface area contributed by atoms with E-state index in [2.05, 4.69) is 352 Å². The van der Waals surface area contributed by atoms with E-state index in [4.69, 9.17) is 28.4 Å². The quantitative estimate of drug-likeness (QED) is 0.0961. The van der Waals surface area contributed by atoms with E-state index >= 15 is 0 Å². The lowest BCUT2D eigenvalue weighted by Gasteiger charge is -2.37. The Morgan fingerprint density at radius 1 is 0.306 bits per heavy atom. The number of rotatable bonds is 16. The van der Waals surface area contributed by atoms with Crippen LogP contribution in [-0.2, 0) is 71.8 Å². The molecule has 15 rings (SSSR count). The van der Waals surface area contributed by atoms with Crippen LogP contribution in [0.15, 0.2) is 243 Å². The Kier molecular flexibility index (Phi) is 19.7. The van der Waals surface area contributed by atoms with E-state index in [0.717, 1.165) is 158 Å². The molecule has 12 aromatic rings. The molecule has 0 fully saturated rings. The van der Waals surface area contributed by atoms with Gasteiger partial charge in [-0.05, 0) is 159 Å². The van der Waals surface area contributed by atoms with Crippen LogP contribution < -0.4 is 28.4 Å². The van der Waals surface area contributed by atoms with Gasteiger partial charge in [-0.3, -0.25) is 0 Å². The minimum absolute atomic E-state index is 0.230. The van der Waals surface area contributed by atoms with Gasteiger partial charge in [-0.15, -0.1) is 0 Å². The zero-order valence-corrected chi connectivity index (χ0v) is 65.8. The first-order valence-corrected chi connectivity index (χ1v) is 39.1. The smallest absolute Gasteiger partial charge is 0.178 e. The van der Waals surface area contributed by atoms with Crippen molar-refractivity contribution in [1.29, 1.82) is 0 Å². The molecule has 0 radical (unpaired) electrons. The van der Waals surface area contributed by atoms with Gasteiger partial charge in [-0.1, -0.05) is 315 Å². The van der Waals surface area contributed by atoms with Gasteiger partial charge in [0.15, 0.2) is 11.2 Å². The minimum atomic E-state index is -0.917. The molecule has 0 N–H and O–H groups in total. The first-order chi connectivity index (χ1) is 51.9. The van der Waals surface area contributed by atoms with Crippen LogP contribution in [-0.4, -0.2) is 13.2 Å². The molecule has 108 heavy (non-hydrogen) atoms. The molecule has 6 heteroatoms. The van der Waals surface area contributed by atoms with Crippen LogP contribution in [0.3, 0.4) is 0 Å². The third-order valence-electron chi connectivity index (χ3n) is 22.1. The Balaban J connectivity index is 0.953. The van der Waals surface area contributed by atoms with Crippen LogP contribution in [0.4, 0.5) is 0 Å². The van der Waals surface area contributed by atoms with Gasteiger partial charge in [0, 0.05) is 70.2 Å². The number of hydrogen-bond donors (Lipinski definition) is 0. The van der Waals surface area contributed by atoms with E-state index in [1.807, 2.05) is 0 Å². The molecule has 0 saturated heterocycles. The van der Waals surface area contributed by atoms with Gasteiger partial charge in [0.1, 0.15) is 47.7 Å². The highest BCUT2D eigenvalue weighted by atomic mass is 16.5. The molecular formula is C102H104O6. The first-order valence-electron chi connectivity index (χ1n) is 39.1. The van der Waals surface area contributed by atoms with Gasteiger partial charge in [0.25, 0.3) is 0 Å². The maximum Gasteiger partial charge on any atom is 0.178 e. The van der Waals surface area contributed by atoms with Gasteiger partial charge in [-0.25, -0.2) is 0 Å². The van der Waals surface area contributed by atoms with Gasteiger partial charge in [0.05, 0.1) is 13.2 Å². The van der Waals surface area contributed by atoms with Crippen LogP contribution >= 0.6 is 0 Å². The molecule has 0 aromatic heterocycles. The molecular weight excluding hydrogens is 1320 g/mol. The Hall–Kier alpha value is -10.6. The standard InChI is InChI=1S/C102H104O6/c1-15-49-103-91-69-53-73-61-85(99(9,10)11)63-75(93(73)105-65-77-51-67-33-29-31-43-87(67)89-45-47-101(107-95(77)89,79-35-21-17-22-36-79)80-37-23-18-24-38-80)55-71-59-84(98(6,7)8)60-72(92(71)104-50-16-2)56-76-64-86(100(12,13)14)62-74(54-70(91)58-83(57-69)97(3,4)5)94(76)106-66-78-52-68-34-30-32-44-88(68)90-46-48-102(108-96(78)90,81-39-25-19-26-40-81)82-41-27-20-28-42-82/h17-48,51-52,57-64H,15-16,49-50,53-56,65-66H2,1-14H3. The lowest BCUT2D eigenvalue weighted by atomic mass is 9.79. The molecule has 0 atom stereocenters. The summed E-state index contributed by atoms with van der Waals surface area (Å²) in [5.41, 5.74) is 19.1. The van der Waals surface area contributed by atoms with Gasteiger partial charge in [-0.2, -0.15) is 0 Å². The Labute approximate surface area is 641 Å². The minimum Gasteiger partial charge on any atom is -0.493 e. The van der Waals surface area contributed by atoms with E-state index in [-0.39, 0.29) is 34.9 Å². The maximum atomic E-state index is 7.90. The molecule has 548 valence electrons. The maximum absolute atomic E-state index is 7.90. The van der Waals surface area contributed by atoms with Crippen LogP contribution in [0.25, 0.3) is 33.7 Å². The van der Waals surface area contributed by atoms with E-state index in [0.29, 0.717) is 38.9 Å². The summed E-state index contributed by atoms with van der Waals surface area (Å²) in [6.45, 7) is 34.0. The second-order valence-electron chi connectivity index (χ2n) is 34.3. The molecule has 0 amide bonds. The summed E-state index contributed by atoms with van der Waals surface area (Å²) < 4.78 is 46.1. The van der Waals surface area contributed by atoms with E-state index < -0.39 is 11.2 Å². The van der Waals surface area contributed by atoms with Gasteiger partial charge < -0.3 is 28.4 Å². The highest BCUT2D eigenvalue weighted by molar-refractivity contribution is 5.96. The van der Waals surface area contributed by atoms with Crippen molar-refractivity contribution in [2.45, 2.75) is 182 Å². The SMILES string of the molecule is CCCOc1c2cc(C(C)(C)C)cc1Cc1cc(C(C)(C)C)cc(c1OCc1cc3ccccc3c3c1OC(c1ccccc1)(c1ccccc1)C=C3)Cc1cc(C(C)(C)C)cc(c1OCCC)Cc1cc(C(C)(C)C)cc(c1OCc1cc3ccccc3c3c1OC(c1ccccc1)(c1ccccc1)C=C3)C2. The van der Waals surface area contributed by atoms with Crippen molar-refractivity contribution in [2.24, 2.45) is 0 Å². The highest BCUT2D eigenvalue weighted by Gasteiger charge is 2.41. The molecule has 3 aliphatic rings. The molecule has 8 bridgehead atoms. The molecule has 0 unspecified atom stereocenters. The summed E-state index contributed by atoms with van der Waals surface area (Å²) in [5, 5.41) is 4.49. The van der Waals surface area contributed by atoms with Crippen LogP contribution in [0.2, 0.25) is 0 Å². The van der Waals surface area contributed by atoms with Crippen LogP contribution in [0.1, 0.15) is 221 Å². The average molecular weight is 1430 g/mol. The summed E-state index contributed by atoms with van der Waals surface area (Å²) in [4.78, 5) is 0. The normalized spacial score (nSPS) is 14.5. The summed E-state index contributed by atoms with van der Waals surface area (Å²) in [7, 11) is 0. The van der Waals surface area contributed by atoms with Gasteiger partial charge >= 0.3 is 0 Å². The average Bonchev–Trinajstić information content (AvgIpc) is 0.742. The topological polar surface area (TPSA) is 55.4 Å². The zero-order valence-electron chi connectivity index (χ0n) is 65.8. The van der Waals surface area contributed by atoms with Crippen molar-refractivity contribution in [1.82, 2.24) is 0 Å². The predicted octanol–water partition coefficient (Wildman–Crippen LogP) is 25.3. The fourth-order valence-electron chi connectivity index (χ4n) is 16.2. The molecule has 0 spiro atoms. The van der Waals surface area contributed by atoms with Gasteiger partial charge in [0.2, 0.25) is 0 Å². The summed E-state index contributed by atoms with van der Waals surface area (Å²) in [6.07, 6.45) is 12.8. The largest absolute Gasteiger partial charge is 0.493 e. The zero-order chi connectivity index (χ0) is 75.3. The summed E-state index contributed by atoms with van der Waals surface area (Å²) >= 11 is 0.